The zero-order valence-corrected chi connectivity index (χ0v) is 7.21. The van der Waals surface area contributed by atoms with Crippen LogP contribution in [0.25, 0.3) is 5.69 Å². The van der Waals surface area contributed by atoms with Crippen LogP contribution in [0.15, 0.2) is 36.8 Å². The molecule has 0 amide bonds. The molecule has 0 unspecified atom stereocenters. The van der Waals surface area contributed by atoms with Crippen molar-refractivity contribution in [3.8, 4) is 11.6 Å². The van der Waals surface area contributed by atoms with Crippen LogP contribution in [0.5, 0.6) is 5.88 Å². The Morgan fingerprint density at radius 2 is 2.31 bits per heavy atom. The van der Waals surface area contributed by atoms with Crippen LogP contribution in [0.1, 0.15) is 0 Å². The molecule has 0 aliphatic rings. The summed E-state index contributed by atoms with van der Waals surface area (Å²) >= 11 is 0. The molecular formula is C9H9N3O. The zero-order chi connectivity index (χ0) is 9.10. The van der Waals surface area contributed by atoms with Gasteiger partial charge in [0.15, 0.2) is 0 Å². The van der Waals surface area contributed by atoms with E-state index in [1.165, 1.54) is 0 Å². The molecular weight excluding hydrogens is 166 g/mol. The van der Waals surface area contributed by atoms with Crippen LogP contribution >= 0.6 is 0 Å². The highest BCUT2D eigenvalue weighted by Crippen LogP contribution is 2.11. The van der Waals surface area contributed by atoms with Crippen molar-refractivity contribution < 1.29 is 4.74 Å². The Labute approximate surface area is 75.8 Å². The lowest BCUT2D eigenvalue weighted by atomic mass is 10.4. The Balaban J connectivity index is 2.41. The summed E-state index contributed by atoms with van der Waals surface area (Å²) in [6.45, 7) is 0. The molecule has 0 atom stereocenters. The molecule has 2 heterocycles. The van der Waals surface area contributed by atoms with Gasteiger partial charge in [-0.15, -0.1) is 0 Å². The van der Waals surface area contributed by atoms with E-state index in [2.05, 4.69) is 10.1 Å². The summed E-state index contributed by atoms with van der Waals surface area (Å²) in [5.41, 5.74) is 0.942. The number of rotatable bonds is 2. The molecule has 13 heavy (non-hydrogen) atoms. The number of nitrogens with zero attached hydrogens (tertiary/aromatic N) is 3. The highest BCUT2D eigenvalue weighted by Gasteiger charge is 1.97. The van der Waals surface area contributed by atoms with Gasteiger partial charge in [-0.25, -0.2) is 9.67 Å². The van der Waals surface area contributed by atoms with Gasteiger partial charge in [0, 0.05) is 24.7 Å². The maximum atomic E-state index is 5.00. The second-order valence-corrected chi connectivity index (χ2v) is 2.51. The summed E-state index contributed by atoms with van der Waals surface area (Å²) in [5, 5.41) is 4.10. The number of aromatic nitrogens is 3. The van der Waals surface area contributed by atoms with Gasteiger partial charge in [-0.3, -0.25) is 0 Å². The van der Waals surface area contributed by atoms with Crippen LogP contribution in [0.3, 0.4) is 0 Å². The molecule has 0 saturated heterocycles. The summed E-state index contributed by atoms with van der Waals surface area (Å²) in [6, 6.07) is 5.56. The molecule has 0 aliphatic heterocycles. The van der Waals surface area contributed by atoms with Crippen LogP contribution in [-0.4, -0.2) is 21.9 Å². The average molecular weight is 175 g/mol. The predicted molar refractivity (Wildman–Crippen MR) is 47.9 cm³/mol. The molecule has 0 fully saturated rings. The predicted octanol–water partition coefficient (Wildman–Crippen LogP) is 1.28. The Bertz CT molecular complexity index is 384. The minimum atomic E-state index is 0.591. The van der Waals surface area contributed by atoms with Crippen LogP contribution in [0.4, 0.5) is 0 Å². The second-order valence-electron chi connectivity index (χ2n) is 2.51. The fourth-order valence-electron chi connectivity index (χ4n) is 1.07. The van der Waals surface area contributed by atoms with Crippen LogP contribution in [0, 0.1) is 0 Å². The smallest absolute Gasteiger partial charge is 0.215 e. The van der Waals surface area contributed by atoms with Gasteiger partial charge in [-0.2, -0.15) is 5.10 Å². The van der Waals surface area contributed by atoms with Crippen LogP contribution in [-0.2, 0) is 0 Å². The van der Waals surface area contributed by atoms with E-state index in [-0.39, 0.29) is 0 Å². The number of hydrogen-bond acceptors (Lipinski definition) is 3. The van der Waals surface area contributed by atoms with E-state index in [4.69, 9.17) is 4.74 Å². The summed E-state index contributed by atoms with van der Waals surface area (Å²) in [7, 11) is 1.59. The minimum absolute atomic E-state index is 0.591. The van der Waals surface area contributed by atoms with Crippen molar-refractivity contribution in [2.45, 2.75) is 0 Å². The molecule has 0 spiro atoms. The first-order valence-corrected chi connectivity index (χ1v) is 3.90. The van der Waals surface area contributed by atoms with Gasteiger partial charge >= 0.3 is 0 Å². The summed E-state index contributed by atoms with van der Waals surface area (Å²) < 4.78 is 6.75. The third-order valence-electron chi connectivity index (χ3n) is 1.70. The lowest BCUT2D eigenvalue weighted by molar-refractivity contribution is 0.397. The van der Waals surface area contributed by atoms with Gasteiger partial charge in [0.05, 0.1) is 12.8 Å². The second kappa shape index (κ2) is 3.26. The highest BCUT2D eigenvalue weighted by molar-refractivity contribution is 5.33. The molecule has 2 aromatic rings. The monoisotopic (exact) mass is 175 g/mol. The largest absolute Gasteiger partial charge is 0.481 e. The molecule has 2 aromatic heterocycles. The molecule has 0 bridgehead atoms. The quantitative estimate of drug-likeness (QED) is 0.690. The Hall–Kier alpha value is -1.84. The zero-order valence-electron chi connectivity index (χ0n) is 7.21. The molecule has 0 aliphatic carbocycles. The van der Waals surface area contributed by atoms with E-state index in [0.717, 1.165) is 5.69 Å². The molecule has 0 saturated carbocycles. The van der Waals surface area contributed by atoms with Crippen molar-refractivity contribution in [2.24, 2.45) is 0 Å². The molecule has 0 aromatic carbocycles. The van der Waals surface area contributed by atoms with Gasteiger partial charge in [-0.05, 0) is 12.1 Å². The topological polar surface area (TPSA) is 39.9 Å². The van der Waals surface area contributed by atoms with Gasteiger partial charge in [0.1, 0.15) is 0 Å². The number of ether oxygens (including phenoxy) is 1. The van der Waals surface area contributed by atoms with Crippen molar-refractivity contribution in [1.29, 1.82) is 0 Å². The molecule has 0 radical (unpaired) electrons. The van der Waals surface area contributed by atoms with Crippen molar-refractivity contribution in [1.82, 2.24) is 14.8 Å². The maximum Gasteiger partial charge on any atom is 0.215 e. The first-order valence-electron chi connectivity index (χ1n) is 3.90. The highest BCUT2D eigenvalue weighted by atomic mass is 16.5. The van der Waals surface area contributed by atoms with E-state index in [1.54, 1.807) is 24.2 Å². The van der Waals surface area contributed by atoms with Crippen molar-refractivity contribution >= 4 is 0 Å². The van der Waals surface area contributed by atoms with Gasteiger partial charge in [0.2, 0.25) is 5.88 Å². The van der Waals surface area contributed by atoms with Crippen molar-refractivity contribution in [2.75, 3.05) is 7.11 Å². The Morgan fingerprint density at radius 3 is 3.00 bits per heavy atom. The third kappa shape index (κ3) is 1.51. The summed E-state index contributed by atoms with van der Waals surface area (Å²) in [4.78, 5) is 4.00. The first-order chi connectivity index (χ1) is 6.40. The fraction of sp³-hybridized carbons (Fsp3) is 0.111. The SMILES string of the molecule is COc1cc(-n2cccn2)ccn1. The Kier molecular flexibility index (Phi) is 1.96. The molecule has 4 nitrogen and oxygen atoms in total. The Morgan fingerprint density at radius 1 is 1.38 bits per heavy atom. The van der Waals surface area contributed by atoms with Crippen LogP contribution in [0.2, 0.25) is 0 Å². The average Bonchev–Trinajstić information content (AvgIpc) is 2.71. The third-order valence-corrected chi connectivity index (χ3v) is 1.70. The molecule has 4 heteroatoms. The maximum absolute atomic E-state index is 5.00. The fourth-order valence-corrected chi connectivity index (χ4v) is 1.07. The molecule has 2 rings (SSSR count). The minimum Gasteiger partial charge on any atom is -0.481 e. The number of pyridine rings is 1. The van der Waals surface area contributed by atoms with Gasteiger partial charge < -0.3 is 4.74 Å². The summed E-state index contributed by atoms with van der Waals surface area (Å²) in [5.74, 6) is 0.591. The van der Waals surface area contributed by atoms with Gasteiger partial charge in [0.25, 0.3) is 0 Å². The van der Waals surface area contributed by atoms with E-state index in [0.29, 0.717) is 5.88 Å². The normalized spacial score (nSPS) is 9.92. The lowest BCUT2D eigenvalue weighted by Crippen LogP contribution is -1.95. The standard InChI is InChI=1S/C9H9N3O/c1-13-9-7-8(3-5-10-9)12-6-2-4-11-12/h2-7H,1H3. The van der Waals surface area contributed by atoms with E-state index >= 15 is 0 Å². The molecule has 66 valence electrons. The molecule has 0 N–H and O–H groups in total. The van der Waals surface area contributed by atoms with Crippen molar-refractivity contribution in [3.05, 3.63) is 36.8 Å². The van der Waals surface area contributed by atoms with Gasteiger partial charge in [-0.1, -0.05) is 0 Å². The van der Waals surface area contributed by atoms with E-state index < -0.39 is 0 Å². The lowest BCUT2D eigenvalue weighted by Gasteiger charge is -2.02. The first kappa shape index (κ1) is 7.79. The van der Waals surface area contributed by atoms with E-state index in [9.17, 15) is 0 Å². The number of hydrogen-bond donors (Lipinski definition) is 0. The van der Waals surface area contributed by atoms with Crippen molar-refractivity contribution in [3.63, 3.8) is 0 Å². The number of methoxy groups -OCH3 is 1. The van der Waals surface area contributed by atoms with E-state index in [1.807, 2.05) is 24.4 Å². The van der Waals surface area contributed by atoms with Crippen LogP contribution < -0.4 is 4.74 Å². The summed E-state index contributed by atoms with van der Waals surface area (Å²) in [6.07, 6.45) is 5.29.